The van der Waals surface area contributed by atoms with Crippen molar-refractivity contribution in [2.24, 2.45) is 0 Å². The maximum atomic E-state index is 13.6. The van der Waals surface area contributed by atoms with Gasteiger partial charge in [-0.2, -0.15) is 0 Å². The number of carbonyl (C=O) groups excluding carboxylic acids is 2. The molecule has 0 saturated carbocycles. The van der Waals surface area contributed by atoms with Gasteiger partial charge in [0.2, 0.25) is 5.91 Å². The average Bonchev–Trinajstić information content (AvgIpc) is 3.44. The molecule has 0 spiro atoms. The fourth-order valence-corrected chi connectivity index (χ4v) is 9.55. The molecule has 3 atom stereocenters. The molecule has 468 valence electrons. The summed E-state index contributed by atoms with van der Waals surface area (Å²) in [5.74, 6) is -0.557. The van der Waals surface area contributed by atoms with E-state index >= 15 is 0 Å². The molecule has 10 heteroatoms. The van der Waals surface area contributed by atoms with Gasteiger partial charge < -0.3 is 19.4 Å². The number of phosphoric acid groups is 1. The number of quaternary nitrogens is 1. The highest BCUT2D eigenvalue weighted by Crippen LogP contribution is 2.43. The summed E-state index contributed by atoms with van der Waals surface area (Å²) in [6.45, 7) is 6.74. The number of unbranched alkanes of at least 4 members (excludes halogenated alkanes) is 22. The van der Waals surface area contributed by atoms with Gasteiger partial charge >= 0.3 is 13.8 Å². The Balaban J connectivity index is 5.23. The topological polar surface area (TPSA) is 111 Å². The highest BCUT2D eigenvalue weighted by molar-refractivity contribution is 7.47. The van der Waals surface area contributed by atoms with Gasteiger partial charge in [0.1, 0.15) is 19.3 Å². The van der Waals surface area contributed by atoms with E-state index in [-0.39, 0.29) is 37.9 Å². The van der Waals surface area contributed by atoms with Crippen molar-refractivity contribution in [1.29, 1.82) is 0 Å². The predicted molar refractivity (Wildman–Crippen MR) is 355 cm³/mol. The maximum Gasteiger partial charge on any atom is 0.472 e. The second-order valence-electron chi connectivity index (χ2n) is 22.9. The van der Waals surface area contributed by atoms with Gasteiger partial charge in [0.05, 0.1) is 33.8 Å². The summed E-state index contributed by atoms with van der Waals surface area (Å²) in [5, 5.41) is 3.04. The lowest BCUT2D eigenvalue weighted by molar-refractivity contribution is -0.870. The first-order chi connectivity index (χ1) is 39.9. The highest BCUT2D eigenvalue weighted by Gasteiger charge is 2.30. The quantitative estimate of drug-likeness (QED) is 0.0205. The van der Waals surface area contributed by atoms with Crippen LogP contribution in [0, 0.1) is 0 Å². The van der Waals surface area contributed by atoms with E-state index in [4.69, 9.17) is 13.8 Å². The summed E-state index contributed by atoms with van der Waals surface area (Å²) in [4.78, 5) is 37.8. The lowest BCUT2D eigenvalue weighted by Crippen LogP contribution is -2.47. The second kappa shape index (κ2) is 60.3. The van der Waals surface area contributed by atoms with Gasteiger partial charge in [0, 0.05) is 12.8 Å². The number of nitrogens with zero attached hydrogens (tertiary/aromatic N) is 1. The minimum atomic E-state index is -4.47. The van der Waals surface area contributed by atoms with E-state index in [1.807, 2.05) is 33.3 Å². The van der Waals surface area contributed by atoms with Gasteiger partial charge in [-0.3, -0.25) is 18.6 Å². The molecule has 0 heterocycles. The fourth-order valence-electron chi connectivity index (χ4n) is 8.82. The number of hydrogen-bond donors (Lipinski definition) is 2. The predicted octanol–water partition coefficient (Wildman–Crippen LogP) is 20.8. The van der Waals surface area contributed by atoms with E-state index in [0.29, 0.717) is 17.4 Å². The number of carbonyl (C=O) groups is 2. The van der Waals surface area contributed by atoms with Crippen molar-refractivity contribution in [2.45, 2.75) is 270 Å². The summed E-state index contributed by atoms with van der Waals surface area (Å²) in [6.07, 6.45) is 86.0. The van der Waals surface area contributed by atoms with E-state index in [1.54, 1.807) is 0 Å². The highest BCUT2D eigenvalue weighted by atomic mass is 31.2. The zero-order chi connectivity index (χ0) is 60.0. The smallest absolute Gasteiger partial charge is 0.456 e. The molecule has 2 N–H and O–H groups in total. The van der Waals surface area contributed by atoms with Crippen LogP contribution in [-0.2, 0) is 27.9 Å². The number of phosphoric ester groups is 1. The minimum absolute atomic E-state index is 0.0253. The van der Waals surface area contributed by atoms with Crippen molar-refractivity contribution in [3.05, 3.63) is 134 Å². The fraction of sp³-hybridized carbons (Fsp3) is 0.667. The van der Waals surface area contributed by atoms with Gasteiger partial charge in [-0.05, 0) is 122 Å². The summed E-state index contributed by atoms with van der Waals surface area (Å²) >= 11 is 0. The van der Waals surface area contributed by atoms with Crippen LogP contribution in [0.15, 0.2) is 134 Å². The van der Waals surface area contributed by atoms with E-state index in [0.717, 1.165) is 135 Å². The lowest BCUT2D eigenvalue weighted by Gasteiger charge is -2.27. The Morgan fingerprint density at radius 3 is 1.18 bits per heavy atom. The molecule has 0 aliphatic rings. The standard InChI is InChI=1S/C72H123N2O7P/c1-7-10-13-16-19-22-25-28-30-32-34-35-36-37-38-39-41-43-45-47-50-53-56-59-62-65-72(76)81-70(63-60-57-54-51-48-27-24-21-18-15-12-9-3)69(68-80-82(77,78)79-67-66-74(4,5)6)73-71(75)64-61-58-55-52-49-46-44-42-40-33-31-29-26-23-20-17-14-11-8-2/h10-11,13-14,19-20,22-23,28-31,34-35,37-38,40,42,46,49,60,63,69-70H,7-9,12,15-18,21,24-27,32-33,36,39,41,43-45,47-48,50-59,61-62,64-68H2,1-6H3,(H-,73,75,77,78)/p+1/b13-10-,14-11-,22-19-,23-20-,30-28-,31-29-,35-34-,38-37-,42-40-,49-46-,63-60-. The van der Waals surface area contributed by atoms with Crippen molar-refractivity contribution in [2.75, 3.05) is 40.9 Å². The van der Waals surface area contributed by atoms with Crippen molar-refractivity contribution < 1.29 is 37.3 Å². The molecule has 1 amide bonds. The maximum absolute atomic E-state index is 13.6. The van der Waals surface area contributed by atoms with Crippen LogP contribution in [0.25, 0.3) is 0 Å². The normalized spacial score (nSPS) is 14.5. The van der Waals surface area contributed by atoms with Crippen LogP contribution >= 0.6 is 7.82 Å². The Kier molecular flexibility index (Phi) is 57.4. The van der Waals surface area contributed by atoms with Gasteiger partial charge in [-0.25, -0.2) is 4.57 Å². The van der Waals surface area contributed by atoms with E-state index in [2.05, 4.69) is 148 Å². The molecule has 9 nitrogen and oxygen atoms in total. The molecule has 0 aliphatic carbocycles. The molecule has 0 aromatic carbocycles. The third-order valence-corrected chi connectivity index (χ3v) is 14.8. The molecule has 0 saturated heterocycles. The molecule has 82 heavy (non-hydrogen) atoms. The van der Waals surface area contributed by atoms with E-state index in [9.17, 15) is 19.0 Å². The molecule has 0 bridgehead atoms. The molecule has 0 aromatic rings. The third-order valence-electron chi connectivity index (χ3n) is 13.8. The van der Waals surface area contributed by atoms with Crippen molar-refractivity contribution in [3.8, 4) is 0 Å². The Hall–Kier alpha value is -3.85. The molecule has 0 rings (SSSR count). The zero-order valence-electron chi connectivity index (χ0n) is 53.4. The van der Waals surface area contributed by atoms with Crippen LogP contribution in [0.4, 0.5) is 0 Å². The monoisotopic (exact) mass is 1160 g/mol. The Labute approximate surface area is 505 Å². The van der Waals surface area contributed by atoms with Crippen molar-refractivity contribution >= 4 is 19.7 Å². The largest absolute Gasteiger partial charge is 0.472 e. The molecule has 0 aliphatic heterocycles. The lowest BCUT2D eigenvalue weighted by atomic mass is 10.0. The van der Waals surface area contributed by atoms with Crippen LogP contribution in [-0.4, -0.2) is 74.3 Å². The first kappa shape index (κ1) is 78.1. The minimum Gasteiger partial charge on any atom is -0.456 e. The SMILES string of the molecule is CC/C=C\C/C=C\C/C=C\C/C=C\C/C=C\CCCCCCCCCCCC(=O)OC(/C=C\CCCCCCCCCCCC)C(COP(=O)(O)OCC[N+](C)(C)C)NC(=O)CCCCC/C=C\C/C=C\C/C=C\C/C=C\C/C=C\CC. The van der Waals surface area contributed by atoms with Crippen LogP contribution in [0.3, 0.4) is 0 Å². The number of esters is 1. The Bertz CT molecular complexity index is 1860. The first-order valence-electron chi connectivity index (χ1n) is 33.0. The number of allylic oxidation sites excluding steroid dienone is 21. The van der Waals surface area contributed by atoms with Gasteiger partial charge in [0.25, 0.3) is 0 Å². The van der Waals surface area contributed by atoms with Crippen LogP contribution in [0.1, 0.15) is 258 Å². The summed E-state index contributed by atoms with van der Waals surface area (Å²) < 4.78 is 30.7. The number of nitrogens with one attached hydrogen (secondary N) is 1. The van der Waals surface area contributed by atoms with Crippen molar-refractivity contribution in [1.82, 2.24) is 5.32 Å². The average molecular weight is 1160 g/mol. The number of rotatable bonds is 58. The molecular formula is C72H124N2O7P+. The van der Waals surface area contributed by atoms with Gasteiger partial charge in [0.15, 0.2) is 0 Å². The first-order valence-corrected chi connectivity index (χ1v) is 34.5. The molecular weight excluding hydrogens is 1040 g/mol. The molecule has 0 radical (unpaired) electrons. The zero-order valence-corrected chi connectivity index (χ0v) is 54.3. The van der Waals surface area contributed by atoms with Gasteiger partial charge in [-0.1, -0.05) is 258 Å². The van der Waals surface area contributed by atoms with Gasteiger partial charge in [-0.15, -0.1) is 0 Å². The number of hydrogen-bond acceptors (Lipinski definition) is 6. The van der Waals surface area contributed by atoms with Crippen LogP contribution in [0.5, 0.6) is 0 Å². The Morgan fingerprint density at radius 1 is 0.439 bits per heavy atom. The van der Waals surface area contributed by atoms with Crippen LogP contribution < -0.4 is 5.32 Å². The summed E-state index contributed by atoms with van der Waals surface area (Å²) in [7, 11) is 1.45. The summed E-state index contributed by atoms with van der Waals surface area (Å²) in [5.41, 5.74) is 0. The molecule has 0 aromatic heterocycles. The summed E-state index contributed by atoms with van der Waals surface area (Å²) in [6, 6.07) is -0.878. The molecule has 3 unspecified atom stereocenters. The molecule has 0 fully saturated rings. The second-order valence-corrected chi connectivity index (χ2v) is 24.3. The third kappa shape index (κ3) is 60.7. The number of amides is 1. The Morgan fingerprint density at radius 2 is 0.780 bits per heavy atom. The number of likely N-dealkylation sites (N-methyl/N-ethyl adjacent to an activating group) is 1. The number of ether oxygens (including phenoxy) is 1. The van der Waals surface area contributed by atoms with Crippen molar-refractivity contribution in [3.63, 3.8) is 0 Å². The van der Waals surface area contributed by atoms with E-state index in [1.165, 1.54) is 83.5 Å². The van der Waals surface area contributed by atoms with E-state index < -0.39 is 20.0 Å². The van der Waals surface area contributed by atoms with Crippen LogP contribution in [0.2, 0.25) is 0 Å².